The van der Waals surface area contributed by atoms with E-state index in [0.717, 1.165) is 6.41 Å². The average Bonchev–Trinajstić information content (AvgIpc) is 3.06. The van der Waals surface area contributed by atoms with Crippen molar-refractivity contribution < 1.29 is 29.3 Å². The summed E-state index contributed by atoms with van der Waals surface area (Å²) in [6.45, 7) is 0. The second-order valence-corrected chi connectivity index (χ2v) is 7.72. The summed E-state index contributed by atoms with van der Waals surface area (Å²) in [4.78, 5) is 27.6. The van der Waals surface area contributed by atoms with Crippen molar-refractivity contribution in [2.75, 3.05) is 14.1 Å². The molecule has 0 unspecified atom stereocenters. The SMILES string of the molecule is CN(C)C=O.O=C1OC2(c3ccc(O)cc3Oc3cc(O)ccc32)c2ccc(N=C=S)cc21. The number of hydrogen-bond acceptors (Lipinski definition) is 8. The summed E-state index contributed by atoms with van der Waals surface area (Å²) >= 11 is 4.64. The van der Waals surface area contributed by atoms with Crippen LogP contribution in [0.1, 0.15) is 27.0 Å². The zero-order valence-electron chi connectivity index (χ0n) is 17.6. The predicted octanol–water partition coefficient (Wildman–Crippen LogP) is 4.10. The monoisotopic (exact) mass is 462 g/mol. The Bertz CT molecular complexity index is 1280. The number of thiocarbonyl (C=S) groups is 1. The number of isothiocyanates is 1. The van der Waals surface area contributed by atoms with E-state index in [2.05, 4.69) is 22.4 Å². The Morgan fingerprint density at radius 2 is 1.52 bits per heavy atom. The highest BCUT2D eigenvalue weighted by Crippen LogP contribution is 2.57. The molecular weight excluding hydrogens is 444 g/mol. The van der Waals surface area contributed by atoms with Crippen LogP contribution in [-0.2, 0) is 15.1 Å². The van der Waals surface area contributed by atoms with E-state index in [-0.39, 0.29) is 11.5 Å². The van der Waals surface area contributed by atoms with Gasteiger partial charge in [-0.2, -0.15) is 4.99 Å². The van der Waals surface area contributed by atoms with E-state index in [4.69, 9.17) is 9.47 Å². The van der Waals surface area contributed by atoms with E-state index < -0.39 is 11.6 Å². The number of esters is 1. The van der Waals surface area contributed by atoms with Gasteiger partial charge in [-0.15, -0.1) is 0 Å². The Labute approximate surface area is 194 Å². The van der Waals surface area contributed by atoms with Gasteiger partial charge in [0.1, 0.15) is 23.0 Å². The van der Waals surface area contributed by atoms with Gasteiger partial charge in [-0.05, 0) is 48.6 Å². The summed E-state index contributed by atoms with van der Waals surface area (Å²) in [7, 11) is 3.38. The zero-order valence-corrected chi connectivity index (χ0v) is 18.4. The Morgan fingerprint density at radius 1 is 0.970 bits per heavy atom. The molecule has 0 aromatic heterocycles. The van der Waals surface area contributed by atoms with E-state index in [0.29, 0.717) is 39.4 Å². The number of hydrogen-bond donors (Lipinski definition) is 2. The molecule has 0 saturated carbocycles. The zero-order chi connectivity index (χ0) is 23.8. The van der Waals surface area contributed by atoms with Crippen molar-refractivity contribution >= 4 is 35.4 Å². The Balaban J connectivity index is 0.000000471. The minimum absolute atomic E-state index is 0.00715. The summed E-state index contributed by atoms with van der Waals surface area (Å²) in [6.07, 6.45) is 0.750. The first-order valence-corrected chi connectivity index (χ1v) is 10.1. The van der Waals surface area contributed by atoms with Crippen LogP contribution in [0.5, 0.6) is 23.0 Å². The Morgan fingerprint density at radius 3 is 2.03 bits per heavy atom. The van der Waals surface area contributed by atoms with Gasteiger partial charge in [0.25, 0.3) is 0 Å². The lowest BCUT2D eigenvalue weighted by atomic mass is 9.77. The molecule has 166 valence electrons. The number of ether oxygens (including phenoxy) is 2. The fourth-order valence-electron chi connectivity index (χ4n) is 3.82. The highest BCUT2D eigenvalue weighted by molar-refractivity contribution is 7.78. The molecule has 2 aliphatic heterocycles. The summed E-state index contributed by atoms with van der Waals surface area (Å²) in [5.74, 6) is 0.163. The molecule has 2 N–H and O–H groups in total. The summed E-state index contributed by atoms with van der Waals surface area (Å²) < 4.78 is 11.8. The molecule has 1 spiro atoms. The number of fused-ring (bicyclic) bond motifs is 6. The number of rotatable bonds is 2. The van der Waals surface area contributed by atoms with E-state index >= 15 is 0 Å². The van der Waals surface area contributed by atoms with Gasteiger partial charge in [-0.3, -0.25) is 4.79 Å². The fourth-order valence-corrected chi connectivity index (χ4v) is 3.92. The number of aromatic hydroxyl groups is 2. The minimum Gasteiger partial charge on any atom is -0.508 e. The van der Waals surface area contributed by atoms with Gasteiger partial charge in [0, 0.05) is 42.9 Å². The first-order chi connectivity index (χ1) is 15.8. The van der Waals surface area contributed by atoms with Crippen molar-refractivity contribution in [1.82, 2.24) is 4.90 Å². The van der Waals surface area contributed by atoms with Crippen molar-refractivity contribution in [3.05, 3.63) is 76.9 Å². The van der Waals surface area contributed by atoms with Crippen LogP contribution in [0.2, 0.25) is 0 Å². The average molecular weight is 462 g/mol. The van der Waals surface area contributed by atoms with Crippen LogP contribution in [-0.4, -0.2) is 46.7 Å². The maximum absolute atomic E-state index is 12.8. The van der Waals surface area contributed by atoms with Crippen LogP contribution in [0.15, 0.2) is 59.6 Å². The third-order valence-electron chi connectivity index (χ3n) is 5.14. The van der Waals surface area contributed by atoms with Gasteiger partial charge in [-0.1, -0.05) is 6.07 Å². The van der Waals surface area contributed by atoms with Crippen LogP contribution >= 0.6 is 12.2 Å². The smallest absolute Gasteiger partial charge is 0.340 e. The molecule has 0 fully saturated rings. The second-order valence-electron chi connectivity index (χ2n) is 7.54. The quantitative estimate of drug-likeness (QED) is 0.255. The van der Waals surface area contributed by atoms with Crippen LogP contribution in [0, 0.1) is 0 Å². The van der Waals surface area contributed by atoms with Gasteiger partial charge in [0.05, 0.1) is 16.4 Å². The van der Waals surface area contributed by atoms with Gasteiger partial charge >= 0.3 is 5.97 Å². The topological polar surface area (TPSA) is 109 Å². The summed E-state index contributed by atoms with van der Waals surface area (Å²) in [5, 5.41) is 22.1. The molecule has 0 saturated heterocycles. The molecule has 9 heteroatoms. The van der Waals surface area contributed by atoms with Crippen LogP contribution in [0.4, 0.5) is 5.69 Å². The lowest BCUT2D eigenvalue weighted by Gasteiger charge is -2.36. The number of phenolic OH excluding ortho intramolecular Hbond substituents is 2. The first-order valence-electron chi connectivity index (χ1n) is 9.72. The third kappa shape index (κ3) is 3.69. The highest BCUT2D eigenvalue weighted by atomic mass is 32.1. The third-order valence-corrected chi connectivity index (χ3v) is 5.23. The number of aliphatic imine (C=N–C) groups is 1. The molecule has 3 aromatic rings. The Kier molecular flexibility index (Phi) is 5.59. The van der Waals surface area contributed by atoms with E-state index in [1.54, 1.807) is 44.4 Å². The fraction of sp³-hybridized carbons (Fsp3) is 0.125. The normalized spacial score (nSPS) is 13.7. The molecule has 2 heterocycles. The largest absolute Gasteiger partial charge is 0.508 e. The second kappa shape index (κ2) is 8.38. The highest BCUT2D eigenvalue weighted by Gasteiger charge is 2.53. The number of amides is 1. The van der Waals surface area contributed by atoms with Crippen molar-refractivity contribution in [3.8, 4) is 23.0 Å². The molecule has 2 aliphatic rings. The van der Waals surface area contributed by atoms with Crippen LogP contribution in [0.25, 0.3) is 0 Å². The maximum atomic E-state index is 12.8. The van der Waals surface area contributed by atoms with Crippen molar-refractivity contribution in [2.45, 2.75) is 5.60 Å². The molecule has 8 nitrogen and oxygen atoms in total. The maximum Gasteiger partial charge on any atom is 0.340 e. The lowest BCUT2D eigenvalue weighted by Crippen LogP contribution is -2.32. The van der Waals surface area contributed by atoms with Crippen molar-refractivity contribution in [2.24, 2.45) is 4.99 Å². The van der Waals surface area contributed by atoms with Gasteiger partial charge in [0.15, 0.2) is 5.60 Å². The number of carbonyl (C=O) groups excluding carboxylic acids is 2. The van der Waals surface area contributed by atoms with Gasteiger partial charge in [-0.25, -0.2) is 4.79 Å². The van der Waals surface area contributed by atoms with Crippen molar-refractivity contribution in [1.29, 1.82) is 0 Å². The molecule has 0 aliphatic carbocycles. The van der Waals surface area contributed by atoms with E-state index in [1.165, 1.54) is 29.2 Å². The minimum atomic E-state index is -1.27. The molecule has 0 atom stereocenters. The summed E-state index contributed by atoms with van der Waals surface area (Å²) in [5.41, 5.74) is 1.33. The lowest BCUT2D eigenvalue weighted by molar-refractivity contribution is -0.115. The molecule has 0 bridgehead atoms. The van der Waals surface area contributed by atoms with Crippen LogP contribution < -0.4 is 4.74 Å². The predicted molar refractivity (Wildman–Crippen MR) is 122 cm³/mol. The number of phenols is 2. The van der Waals surface area contributed by atoms with Crippen LogP contribution in [0.3, 0.4) is 0 Å². The molecule has 33 heavy (non-hydrogen) atoms. The number of nitrogens with zero attached hydrogens (tertiary/aromatic N) is 2. The molecule has 5 rings (SSSR count). The van der Waals surface area contributed by atoms with E-state index in [1.807, 2.05) is 0 Å². The Hall–Kier alpha value is -4.20. The van der Waals surface area contributed by atoms with Crippen molar-refractivity contribution in [3.63, 3.8) is 0 Å². The first kappa shape index (κ1) is 22.0. The van der Waals surface area contributed by atoms with Gasteiger partial charge in [0.2, 0.25) is 6.41 Å². The number of carbonyl (C=O) groups is 2. The summed E-state index contributed by atoms with van der Waals surface area (Å²) in [6, 6.07) is 14.3. The molecular formula is C24H18N2O6S. The molecule has 0 radical (unpaired) electrons. The standard InChI is InChI=1S/C21H11NO5S.C3H7NO/c23-12-2-5-16-18(8-12)26-19-9-13(24)3-6-17(19)21(16)15-4-1-11(22-10-28)7-14(15)20(25)27-21;1-4(2)3-5/h1-9,23-24H;3H,1-2H3. The molecule has 3 aromatic carbocycles. The number of benzene rings is 3. The molecule has 1 amide bonds. The van der Waals surface area contributed by atoms with E-state index in [9.17, 15) is 19.8 Å². The van der Waals surface area contributed by atoms with Gasteiger partial charge < -0.3 is 24.6 Å².